The van der Waals surface area contributed by atoms with Gasteiger partial charge in [-0.25, -0.2) is 0 Å². The zero-order valence-electron chi connectivity index (χ0n) is 23.5. The van der Waals surface area contributed by atoms with Crippen LogP contribution < -0.4 is 0 Å². The first-order chi connectivity index (χ1) is 17.7. The molecule has 36 heavy (non-hydrogen) atoms. The summed E-state index contributed by atoms with van der Waals surface area (Å²) in [4.78, 5) is 12.0. The fraction of sp³-hybridized carbons (Fsp3) is 0.719. The lowest BCUT2D eigenvalue weighted by Crippen LogP contribution is -2.27. The Morgan fingerprint density at radius 2 is 1.25 bits per heavy atom. The predicted octanol–water partition coefficient (Wildman–Crippen LogP) is 8.80. The molecule has 4 heteroatoms. The van der Waals surface area contributed by atoms with Crippen LogP contribution in [0, 0.1) is 0 Å². The quantitative estimate of drug-likeness (QED) is 0.0726. The van der Waals surface area contributed by atoms with E-state index in [4.69, 9.17) is 9.47 Å². The first kappa shape index (κ1) is 34.4. The third-order valence-corrected chi connectivity index (χ3v) is 5.87. The average Bonchev–Trinajstić information content (AvgIpc) is 2.88. The lowest BCUT2D eigenvalue weighted by Gasteiger charge is -2.15. The van der Waals surface area contributed by atoms with Gasteiger partial charge >= 0.3 is 5.97 Å². The summed E-state index contributed by atoms with van der Waals surface area (Å²) in [5, 5.41) is 9.47. The molecule has 0 saturated carbocycles. The number of esters is 1. The summed E-state index contributed by atoms with van der Waals surface area (Å²) in [6, 6.07) is 0. The van der Waals surface area contributed by atoms with Gasteiger partial charge in [-0.05, 0) is 64.2 Å². The van der Waals surface area contributed by atoms with Crippen LogP contribution in [0.1, 0.15) is 123 Å². The van der Waals surface area contributed by atoms with E-state index in [0.29, 0.717) is 13.0 Å². The molecule has 4 nitrogen and oxygen atoms in total. The van der Waals surface area contributed by atoms with Crippen molar-refractivity contribution in [2.45, 2.75) is 129 Å². The maximum Gasteiger partial charge on any atom is 0.306 e. The second-order valence-corrected chi connectivity index (χ2v) is 9.43. The number of allylic oxidation sites excluding steroid dienone is 8. The first-order valence-corrected chi connectivity index (χ1v) is 14.7. The smallest absolute Gasteiger partial charge is 0.306 e. The van der Waals surface area contributed by atoms with E-state index in [0.717, 1.165) is 64.2 Å². The average molecular weight is 505 g/mol. The Labute approximate surface area is 222 Å². The maximum atomic E-state index is 12.0. The number of rotatable bonds is 26. The van der Waals surface area contributed by atoms with Crippen molar-refractivity contribution in [3.8, 4) is 0 Å². The molecule has 0 aromatic rings. The van der Waals surface area contributed by atoms with Crippen LogP contribution in [0.3, 0.4) is 0 Å². The Morgan fingerprint density at radius 3 is 1.92 bits per heavy atom. The number of ether oxygens (including phenoxy) is 2. The fourth-order valence-corrected chi connectivity index (χ4v) is 3.69. The summed E-state index contributed by atoms with van der Waals surface area (Å²) >= 11 is 0. The Hall–Kier alpha value is -1.65. The molecular formula is C32H56O4. The van der Waals surface area contributed by atoms with Gasteiger partial charge in [0.1, 0.15) is 6.10 Å². The van der Waals surface area contributed by atoms with E-state index in [1.165, 1.54) is 38.5 Å². The molecule has 1 unspecified atom stereocenters. The Balaban J connectivity index is 3.54. The Morgan fingerprint density at radius 1 is 0.694 bits per heavy atom. The van der Waals surface area contributed by atoms with Gasteiger partial charge in [0.25, 0.3) is 0 Å². The van der Waals surface area contributed by atoms with Crippen molar-refractivity contribution in [1.82, 2.24) is 0 Å². The normalized spacial score (nSPS) is 13.1. The Kier molecular flexibility index (Phi) is 28.2. The highest BCUT2D eigenvalue weighted by atomic mass is 16.6. The van der Waals surface area contributed by atoms with Crippen LogP contribution in [0.15, 0.2) is 48.6 Å². The van der Waals surface area contributed by atoms with E-state index in [1.54, 1.807) is 0 Å². The van der Waals surface area contributed by atoms with Crippen LogP contribution >= 0.6 is 0 Å². The van der Waals surface area contributed by atoms with E-state index >= 15 is 0 Å². The number of carbonyl (C=O) groups is 1. The SMILES string of the molecule is CC/C=C\C/C=C\C/C=C\CCCCCCOCC(CO)OC(=O)CCCCCCC/C=C\CCC. The first-order valence-electron chi connectivity index (χ1n) is 14.7. The van der Waals surface area contributed by atoms with E-state index < -0.39 is 6.10 Å². The van der Waals surface area contributed by atoms with Crippen molar-refractivity contribution in [2.75, 3.05) is 19.8 Å². The van der Waals surface area contributed by atoms with Crippen molar-refractivity contribution >= 4 is 5.97 Å². The van der Waals surface area contributed by atoms with Gasteiger partial charge < -0.3 is 14.6 Å². The molecule has 1 N–H and O–H groups in total. The standard InChI is InChI=1S/C32H56O4/c1-3-5-7-9-11-13-15-16-17-18-20-22-24-26-28-35-30-31(29-33)36-32(34)27-25-23-21-19-14-12-10-8-6-4-2/h5,7-8,10-11,13,16-17,31,33H,3-4,6,9,12,14-15,18-30H2,1-2H3/b7-5-,10-8-,13-11-,17-16-. The van der Waals surface area contributed by atoms with Gasteiger partial charge in [0.2, 0.25) is 0 Å². The molecule has 208 valence electrons. The largest absolute Gasteiger partial charge is 0.457 e. The molecule has 0 aromatic heterocycles. The molecule has 0 fully saturated rings. The molecule has 0 aromatic carbocycles. The van der Waals surface area contributed by atoms with Crippen molar-refractivity contribution in [3.05, 3.63) is 48.6 Å². The van der Waals surface area contributed by atoms with Crippen LogP contribution in [-0.4, -0.2) is 37.0 Å². The molecule has 0 bridgehead atoms. The van der Waals surface area contributed by atoms with Crippen molar-refractivity contribution in [3.63, 3.8) is 0 Å². The van der Waals surface area contributed by atoms with Gasteiger partial charge in [-0.1, -0.05) is 101 Å². The lowest BCUT2D eigenvalue weighted by atomic mass is 10.1. The molecule has 0 aliphatic heterocycles. The molecular weight excluding hydrogens is 448 g/mol. The minimum atomic E-state index is -0.547. The molecule has 1 atom stereocenters. The van der Waals surface area contributed by atoms with Gasteiger partial charge in [0.05, 0.1) is 13.2 Å². The van der Waals surface area contributed by atoms with Crippen LogP contribution in [0.5, 0.6) is 0 Å². The fourth-order valence-electron chi connectivity index (χ4n) is 3.69. The van der Waals surface area contributed by atoms with Crippen molar-refractivity contribution in [1.29, 1.82) is 0 Å². The number of aliphatic hydroxyl groups is 1. The van der Waals surface area contributed by atoms with E-state index in [9.17, 15) is 9.90 Å². The molecule has 0 aliphatic carbocycles. The summed E-state index contributed by atoms with van der Waals surface area (Å²) < 4.78 is 11.0. The summed E-state index contributed by atoms with van der Waals surface area (Å²) in [5.74, 6) is -0.225. The summed E-state index contributed by atoms with van der Waals surface area (Å²) in [7, 11) is 0. The van der Waals surface area contributed by atoms with Gasteiger partial charge in [0.15, 0.2) is 0 Å². The zero-order valence-corrected chi connectivity index (χ0v) is 23.5. The van der Waals surface area contributed by atoms with Crippen LogP contribution in [0.2, 0.25) is 0 Å². The second-order valence-electron chi connectivity index (χ2n) is 9.43. The highest BCUT2D eigenvalue weighted by molar-refractivity contribution is 5.69. The molecule has 0 aliphatic rings. The van der Waals surface area contributed by atoms with Crippen LogP contribution in [0.4, 0.5) is 0 Å². The highest BCUT2D eigenvalue weighted by Crippen LogP contribution is 2.10. The lowest BCUT2D eigenvalue weighted by molar-refractivity contribution is -0.154. The van der Waals surface area contributed by atoms with E-state index in [2.05, 4.69) is 62.5 Å². The molecule has 0 rings (SSSR count). The molecule has 0 amide bonds. The third kappa shape index (κ3) is 26.9. The van der Waals surface area contributed by atoms with Crippen LogP contribution in [0.25, 0.3) is 0 Å². The van der Waals surface area contributed by atoms with Crippen molar-refractivity contribution in [2.24, 2.45) is 0 Å². The number of hydrogen-bond donors (Lipinski definition) is 1. The Bertz CT molecular complexity index is 577. The minimum absolute atomic E-state index is 0.186. The monoisotopic (exact) mass is 504 g/mol. The molecule has 0 heterocycles. The molecule has 0 spiro atoms. The second kappa shape index (κ2) is 29.6. The summed E-state index contributed by atoms with van der Waals surface area (Å²) in [6.45, 7) is 5.09. The topological polar surface area (TPSA) is 55.8 Å². The third-order valence-electron chi connectivity index (χ3n) is 5.87. The zero-order chi connectivity index (χ0) is 26.4. The van der Waals surface area contributed by atoms with Gasteiger partial charge in [0, 0.05) is 13.0 Å². The summed E-state index contributed by atoms with van der Waals surface area (Å²) in [5.41, 5.74) is 0. The van der Waals surface area contributed by atoms with E-state index in [1.807, 2.05) is 0 Å². The number of carbonyl (C=O) groups excluding carboxylic acids is 1. The highest BCUT2D eigenvalue weighted by Gasteiger charge is 2.13. The van der Waals surface area contributed by atoms with Crippen molar-refractivity contribution < 1.29 is 19.4 Å². The molecule has 0 saturated heterocycles. The van der Waals surface area contributed by atoms with Gasteiger partial charge in [-0.2, -0.15) is 0 Å². The number of hydrogen-bond acceptors (Lipinski definition) is 4. The van der Waals surface area contributed by atoms with Crippen LogP contribution in [-0.2, 0) is 14.3 Å². The molecule has 0 radical (unpaired) electrons. The summed E-state index contributed by atoms with van der Waals surface area (Å²) in [6.07, 6.45) is 35.7. The van der Waals surface area contributed by atoms with Gasteiger partial charge in [-0.15, -0.1) is 0 Å². The number of aliphatic hydroxyl groups excluding tert-OH is 1. The minimum Gasteiger partial charge on any atom is -0.457 e. The predicted molar refractivity (Wildman–Crippen MR) is 154 cm³/mol. The maximum absolute atomic E-state index is 12.0. The van der Waals surface area contributed by atoms with E-state index in [-0.39, 0.29) is 19.2 Å². The number of unbranched alkanes of at least 4 members (excludes halogenated alkanes) is 10. The van der Waals surface area contributed by atoms with Gasteiger partial charge in [-0.3, -0.25) is 4.79 Å².